The van der Waals surface area contributed by atoms with E-state index in [2.05, 4.69) is 47.3 Å². The smallest absolute Gasteiger partial charge is 0.103 e. The lowest BCUT2D eigenvalue weighted by Crippen LogP contribution is -2.41. The van der Waals surface area contributed by atoms with Crippen LogP contribution in [0, 0.1) is 11.3 Å². The van der Waals surface area contributed by atoms with Gasteiger partial charge in [0.05, 0.1) is 42.2 Å². The first-order valence-corrected chi connectivity index (χ1v) is 11.5. The second kappa shape index (κ2) is 9.40. The van der Waals surface area contributed by atoms with Crippen LogP contribution in [-0.4, -0.2) is 72.1 Å². The van der Waals surface area contributed by atoms with Crippen molar-refractivity contribution in [1.29, 1.82) is 5.26 Å². The summed E-state index contributed by atoms with van der Waals surface area (Å²) < 4.78 is 3.80. The van der Waals surface area contributed by atoms with E-state index in [-0.39, 0.29) is 12.6 Å². The fraction of sp³-hybridized carbons (Fsp3) is 0.500. The Morgan fingerprint density at radius 2 is 2.10 bits per heavy atom. The zero-order valence-corrected chi connectivity index (χ0v) is 18.7. The Balaban J connectivity index is 1.61. The number of rotatable bonds is 7. The number of aliphatic hydroxyl groups is 2. The zero-order chi connectivity index (χ0) is 22.0. The quantitative estimate of drug-likeness (QED) is 0.544. The molecule has 0 aliphatic carbocycles. The molecule has 1 fully saturated rings. The summed E-state index contributed by atoms with van der Waals surface area (Å²) in [6.45, 7) is 6.26. The molecule has 2 N–H and O–H groups in total. The molecule has 4 heterocycles. The summed E-state index contributed by atoms with van der Waals surface area (Å²) in [5.41, 5.74) is 3.45. The van der Waals surface area contributed by atoms with Crippen LogP contribution in [0.1, 0.15) is 38.3 Å². The summed E-state index contributed by atoms with van der Waals surface area (Å²) in [6.07, 6.45) is 8.87. The molecule has 0 spiro atoms. The molecule has 0 aromatic carbocycles. The normalized spacial score (nSPS) is 18.5. The van der Waals surface area contributed by atoms with E-state index in [1.807, 2.05) is 17.1 Å². The lowest BCUT2D eigenvalue weighted by molar-refractivity contribution is 0.0446. The van der Waals surface area contributed by atoms with Gasteiger partial charge in [-0.2, -0.15) is 15.5 Å². The summed E-state index contributed by atoms with van der Waals surface area (Å²) in [5.74, 6) is 0. The Hall–Kier alpha value is -2.38. The minimum Gasteiger partial charge on any atom is -0.394 e. The standard InChI is InChI=1S/C22H28N6O2S/c1-15(2)31-21-6-16(10-28-22(21)17(7-23)8-25-28)18-9-24-27(11-18)19-4-3-5-26(12-19)13-20(30)14-29/h6,8-11,15,19-20,29-30H,3-5,12-14H2,1-2H3/t19-,20-/m0/s1. The molecule has 0 unspecified atom stereocenters. The lowest BCUT2D eigenvalue weighted by Gasteiger charge is -2.33. The van der Waals surface area contributed by atoms with Gasteiger partial charge in [-0.1, -0.05) is 13.8 Å². The van der Waals surface area contributed by atoms with Gasteiger partial charge in [-0.25, -0.2) is 4.52 Å². The molecule has 164 valence electrons. The number of hydrogen-bond donors (Lipinski definition) is 2. The van der Waals surface area contributed by atoms with Crippen LogP contribution in [0.3, 0.4) is 0 Å². The van der Waals surface area contributed by atoms with E-state index < -0.39 is 6.10 Å². The van der Waals surface area contributed by atoms with Crippen molar-refractivity contribution >= 4 is 17.3 Å². The number of nitriles is 1. The molecule has 1 aliphatic rings. The van der Waals surface area contributed by atoms with Gasteiger partial charge in [0, 0.05) is 46.8 Å². The number of β-amino-alcohol motifs (C(OH)–C–C–N with tert-alkyl or cyclic N) is 1. The summed E-state index contributed by atoms with van der Waals surface area (Å²) in [6, 6.07) is 4.59. The molecule has 3 aromatic rings. The number of aromatic nitrogens is 4. The highest BCUT2D eigenvalue weighted by Crippen LogP contribution is 2.34. The van der Waals surface area contributed by atoms with Crippen molar-refractivity contribution in [3.8, 4) is 17.2 Å². The highest BCUT2D eigenvalue weighted by Gasteiger charge is 2.24. The number of nitrogens with zero attached hydrogens (tertiary/aromatic N) is 6. The van der Waals surface area contributed by atoms with Crippen LogP contribution in [0.15, 0.2) is 35.7 Å². The minimum absolute atomic E-state index is 0.215. The number of piperidine rings is 1. The second-order valence-corrected chi connectivity index (χ2v) is 9.94. The van der Waals surface area contributed by atoms with Gasteiger partial charge in [-0.05, 0) is 25.5 Å². The van der Waals surface area contributed by atoms with Gasteiger partial charge >= 0.3 is 0 Å². The molecule has 31 heavy (non-hydrogen) atoms. The van der Waals surface area contributed by atoms with Crippen LogP contribution in [0.2, 0.25) is 0 Å². The van der Waals surface area contributed by atoms with Gasteiger partial charge in [0.1, 0.15) is 6.07 Å². The maximum atomic E-state index is 9.77. The topological polar surface area (TPSA) is 103 Å². The van der Waals surface area contributed by atoms with E-state index in [4.69, 9.17) is 5.11 Å². The average molecular weight is 441 g/mol. The summed E-state index contributed by atoms with van der Waals surface area (Å²) in [7, 11) is 0. The van der Waals surface area contributed by atoms with Crippen LogP contribution >= 0.6 is 11.8 Å². The van der Waals surface area contributed by atoms with Gasteiger partial charge in [0.15, 0.2) is 0 Å². The summed E-state index contributed by atoms with van der Waals surface area (Å²) in [5, 5.41) is 37.7. The third-order valence-electron chi connectivity index (χ3n) is 5.53. The average Bonchev–Trinajstić information content (AvgIpc) is 3.40. The van der Waals surface area contributed by atoms with Gasteiger partial charge in [-0.15, -0.1) is 11.8 Å². The highest BCUT2D eigenvalue weighted by atomic mass is 32.2. The predicted molar refractivity (Wildman–Crippen MR) is 120 cm³/mol. The molecule has 3 aromatic heterocycles. The molecule has 0 radical (unpaired) electrons. The molecule has 0 saturated carbocycles. The third kappa shape index (κ3) is 4.77. The SMILES string of the molecule is CC(C)Sc1cc(-c2cnn([C@H]3CCCN(C[C@H](O)CO)C3)c2)cn2ncc(C#N)c12. The Kier molecular flexibility index (Phi) is 6.62. The van der Waals surface area contributed by atoms with Crippen molar-refractivity contribution < 1.29 is 10.2 Å². The highest BCUT2D eigenvalue weighted by molar-refractivity contribution is 8.00. The Morgan fingerprint density at radius 3 is 2.84 bits per heavy atom. The number of thioether (sulfide) groups is 1. The molecule has 9 heteroatoms. The summed E-state index contributed by atoms with van der Waals surface area (Å²) in [4.78, 5) is 3.23. The van der Waals surface area contributed by atoms with Crippen molar-refractivity contribution in [3.05, 3.63) is 36.4 Å². The van der Waals surface area contributed by atoms with Crippen LogP contribution in [0.5, 0.6) is 0 Å². The molecule has 2 atom stereocenters. The number of likely N-dealkylation sites (tertiary alicyclic amines) is 1. The van der Waals surface area contributed by atoms with Gasteiger partial charge in [0.25, 0.3) is 0 Å². The van der Waals surface area contributed by atoms with Crippen molar-refractivity contribution in [3.63, 3.8) is 0 Å². The van der Waals surface area contributed by atoms with E-state index in [1.165, 1.54) is 0 Å². The van der Waals surface area contributed by atoms with Gasteiger partial charge in [0.2, 0.25) is 0 Å². The Bertz CT molecular complexity index is 1090. The first-order valence-electron chi connectivity index (χ1n) is 10.6. The number of fused-ring (bicyclic) bond motifs is 1. The largest absolute Gasteiger partial charge is 0.394 e. The molecular formula is C22H28N6O2S. The fourth-order valence-corrected chi connectivity index (χ4v) is 5.14. The first-order chi connectivity index (χ1) is 15.0. The number of hydrogen-bond acceptors (Lipinski definition) is 7. The van der Waals surface area contributed by atoms with Crippen LogP contribution < -0.4 is 0 Å². The van der Waals surface area contributed by atoms with E-state index >= 15 is 0 Å². The molecule has 0 amide bonds. The van der Waals surface area contributed by atoms with E-state index in [9.17, 15) is 10.4 Å². The van der Waals surface area contributed by atoms with Crippen LogP contribution in [0.4, 0.5) is 0 Å². The maximum Gasteiger partial charge on any atom is 0.103 e. The molecule has 8 nitrogen and oxygen atoms in total. The molecule has 4 rings (SSSR count). The van der Waals surface area contributed by atoms with E-state index in [0.717, 1.165) is 47.5 Å². The number of pyridine rings is 1. The van der Waals surface area contributed by atoms with Crippen molar-refractivity contribution in [2.24, 2.45) is 0 Å². The van der Waals surface area contributed by atoms with Crippen LogP contribution in [0.25, 0.3) is 16.6 Å². The predicted octanol–water partition coefficient (Wildman–Crippen LogP) is 2.56. The Labute approximate surface area is 186 Å². The van der Waals surface area contributed by atoms with Crippen molar-refractivity contribution in [1.82, 2.24) is 24.3 Å². The zero-order valence-electron chi connectivity index (χ0n) is 17.8. The first kappa shape index (κ1) is 21.8. The van der Waals surface area contributed by atoms with Gasteiger partial charge in [-0.3, -0.25) is 9.58 Å². The van der Waals surface area contributed by atoms with E-state index in [1.54, 1.807) is 22.5 Å². The molecule has 1 saturated heterocycles. The second-order valence-electron chi connectivity index (χ2n) is 8.32. The monoisotopic (exact) mass is 440 g/mol. The molecule has 0 bridgehead atoms. The fourth-order valence-electron chi connectivity index (χ4n) is 4.12. The van der Waals surface area contributed by atoms with E-state index in [0.29, 0.717) is 17.4 Å². The van der Waals surface area contributed by atoms with Crippen molar-refractivity contribution in [2.45, 2.75) is 49.0 Å². The number of aliphatic hydroxyl groups excluding tert-OH is 2. The molecule has 1 aliphatic heterocycles. The van der Waals surface area contributed by atoms with Gasteiger partial charge < -0.3 is 10.2 Å². The Morgan fingerprint density at radius 1 is 1.26 bits per heavy atom. The van der Waals surface area contributed by atoms with Crippen molar-refractivity contribution in [2.75, 3.05) is 26.2 Å². The minimum atomic E-state index is -0.706. The van der Waals surface area contributed by atoms with Crippen LogP contribution in [-0.2, 0) is 0 Å². The maximum absolute atomic E-state index is 9.77. The third-order valence-corrected chi connectivity index (χ3v) is 6.57. The molecular weight excluding hydrogens is 412 g/mol. The summed E-state index contributed by atoms with van der Waals surface area (Å²) >= 11 is 1.72. The lowest BCUT2D eigenvalue weighted by atomic mass is 10.1.